The zero-order valence-electron chi connectivity index (χ0n) is 30.3. The summed E-state index contributed by atoms with van der Waals surface area (Å²) < 4.78 is 83.5. The Balaban J connectivity index is 0.00000196. The van der Waals surface area contributed by atoms with E-state index in [1.54, 1.807) is 21.0 Å². The second kappa shape index (κ2) is 23.3. The van der Waals surface area contributed by atoms with Crippen molar-refractivity contribution in [3.8, 4) is 17.1 Å². The molecule has 1 fully saturated rings. The highest BCUT2D eigenvalue weighted by Crippen LogP contribution is 2.44. The van der Waals surface area contributed by atoms with Crippen LogP contribution in [0.4, 0.5) is 33.3 Å². The summed E-state index contributed by atoms with van der Waals surface area (Å²) in [5.41, 5.74) is 0.767. The van der Waals surface area contributed by atoms with E-state index in [1.165, 1.54) is 0 Å². The molecule has 2 heterocycles. The molecule has 0 saturated carbocycles. The normalized spacial score (nSPS) is 14.9. The smallest absolute Gasteiger partial charge is 0.417 e. The number of carbonyl (C=O) groups is 1. The number of halogens is 5. The van der Waals surface area contributed by atoms with Crippen molar-refractivity contribution in [1.82, 2.24) is 20.5 Å². The van der Waals surface area contributed by atoms with Crippen LogP contribution in [0.2, 0.25) is 0 Å². The van der Waals surface area contributed by atoms with E-state index in [1.807, 2.05) is 41.8 Å². The molecular formula is C34H57F5N6O3. The van der Waals surface area contributed by atoms with Gasteiger partial charge in [0.2, 0.25) is 5.88 Å². The van der Waals surface area contributed by atoms with E-state index in [2.05, 4.69) is 25.8 Å². The van der Waals surface area contributed by atoms with Crippen molar-refractivity contribution in [3.05, 3.63) is 34.4 Å². The number of aromatic nitrogens is 1. The summed E-state index contributed by atoms with van der Waals surface area (Å²) in [7, 11) is 5.47. The van der Waals surface area contributed by atoms with E-state index in [0.717, 1.165) is 39.4 Å². The molecule has 0 bridgehead atoms. The lowest BCUT2D eigenvalue weighted by molar-refractivity contribution is -0.137. The Bertz CT molecular complexity index is 1230. The van der Waals surface area contributed by atoms with Crippen LogP contribution in [0.1, 0.15) is 82.3 Å². The molecule has 276 valence electrons. The largest absolute Gasteiger partial charge is 0.474 e. The molecule has 3 rings (SSSR count). The Kier molecular flexibility index (Phi) is 21.8. The topological polar surface area (TPSA) is 114 Å². The first-order valence-electron chi connectivity index (χ1n) is 16.6. The Morgan fingerprint density at radius 3 is 2.23 bits per heavy atom. The molecule has 2 aromatic rings. The van der Waals surface area contributed by atoms with E-state index in [4.69, 9.17) is 15.2 Å². The third-order valence-electron chi connectivity index (χ3n) is 7.43. The molecule has 5 N–H and O–H groups in total. The molecule has 0 aliphatic carbocycles. The van der Waals surface area contributed by atoms with Gasteiger partial charge in [0.05, 0.1) is 29.6 Å². The second-order valence-corrected chi connectivity index (χ2v) is 10.6. The van der Waals surface area contributed by atoms with Crippen LogP contribution in [0.5, 0.6) is 5.88 Å². The average molecular weight is 693 g/mol. The number of anilines is 2. The molecule has 0 spiro atoms. The number of pyridine rings is 1. The number of carbonyl (C=O) groups excluding carboxylic acids is 1. The first-order chi connectivity index (χ1) is 22.9. The van der Waals surface area contributed by atoms with Gasteiger partial charge in [-0.05, 0) is 65.4 Å². The van der Waals surface area contributed by atoms with Crippen molar-refractivity contribution < 1.29 is 36.2 Å². The molecule has 48 heavy (non-hydrogen) atoms. The number of nitrogen functional groups attached to an aromatic ring is 1. The van der Waals surface area contributed by atoms with E-state index < -0.39 is 52.0 Å². The molecule has 2 unspecified atom stereocenters. The number of aldehydes is 1. The Morgan fingerprint density at radius 2 is 1.73 bits per heavy atom. The maximum Gasteiger partial charge on any atom is 0.417 e. The number of benzene rings is 1. The highest BCUT2D eigenvalue weighted by molar-refractivity contribution is 5.90. The molecular weight excluding hydrogens is 635 g/mol. The predicted molar refractivity (Wildman–Crippen MR) is 185 cm³/mol. The van der Waals surface area contributed by atoms with E-state index in [0.29, 0.717) is 31.9 Å². The van der Waals surface area contributed by atoms with Gasteiger partial charge in [-0.2, -0.15) is 13.2 Å². The molecule has 1 saturated heterocycles. The number of methoxy groups -OCH3 is 1. The predicted octanol–water partition coefficient (Wildman–Crippen LogP) is 6.93. The van der Waals surface area contributed by atoms with Crippen molar-refractivity contribution in [1.29, 1.82) is 0 Å². The van der Waals surface area contributed by atoms with Gasteiger partial charge in [0, 0.05) is 44.9 Å². The molecule has 1 aromatic carbocycles. The number of nitrogens with two attached hydrogens (primary N) is 1. The van der Waals surface area contributed by atoms with Crippen LogP contribution in [0.25, 0.3) is 11.3 Å². The van der Waals surface area contributed by atoms with Crippen molar-refractivity contribution in [2.75, 3.05) is 71.6 Å². The van der Waals surface area contributed by atoms with Crippen LogP contribution in [0.3, 0.4) is 0 Å². The van der Waals surface area contributed by atoms with Crippen molar-refractivity contribution in [3.63, 3.8) is 0 Å². The van der Waals surface area contributed by atoms with Gasteiger partial charge in [0.15, 0.2) is 12.1 Å². The lowest BCUT2D eigenvalue weighted by Crippen LogP contribution is -2.37. The number of nitrogens with one attached hydrogen (secondary N) is 3. The monoisotopic (exact) mass is 692 g/mol. The molecule has 1 aliphatic rings. The molecule has 9 nitrogen and oxygen atoms in total. The number of likely N-dealkylation sites (tertiary alicyclic amines) is 1. The Morgan fingerprint density at radius 1 is 1.12 bits per heavy atom. The summed E-state index contributed by atoms with van der Waals surface area (Å²) in [5, 5.41) is 8.94. The highest BCUT2D eigenvalue weighted by Gasteiger charge is 2.39. The summed E-state index contributed by atoms with van der Waals surface area (Å²) in [6, 6.07) is 0.686. The van der Waals surface area contributed by atoms with Gasteiger partial charge in [-0.15, -0.1) is 0 Å². The quantitative estimate of drug-likeness (QED) is 0.0725. The van der Waals surface area contributed by atoms with Gasteiger partial charge in [-0.25, -0.2) is 13.8 Å². The molecule has 1 aliphatic heterocycles. The SMILES string of the molecule is CC.CC.CCC(C)Oc1nc(-c2cc(N)c(F)c(C)c2C(F)(F)F)c(F)c(NCC2CCCN2CCOC)c1C=O.CNCCNC. The minimum Gasteiger partial charge on any atom is -0.474 e. The van der Waals surface area contributed by atoms with E-state index in [9.17, 15) is 22.4 Å². The maximum atomic E-state index is 16.0. The Hall–Kier alpha value is -3.07. The number of hydrogen-bond donors (Lipinski definition) is 4. The minimum atomic E-state index is -5.04. The first-order valence-corrected chi connectivity index (χ1v) is 16.6. The second-order valence-electron chi connectivity index (χ2n) is 10.6. The van der Waals surface area contributed by atoms with Crippen LogP contribution < -0.4 is 26.4 Å². The van der Waals surface area contributed by atoms with Gasteiger partial charge < -0.3 is 31.2 Å². The zero-order valence-corrected chi connectivity index (χ0v) is 30.3. The van der Waals surface area contributed by atoms with Gasteiger partial charge >= 0.3 is 6.18 Å². The number of hydrogen-bond acceptors (Lipinski definition) is 9. The highest BCUT2D eigenvalue weighted by atomic mass is 19.4. The van der Waals surface area contributed by atoms with Gasteiger partial charge in [-0.3, -0.25) is 9.69 Å². The van der Waals surface area contributed by atoms with E-state index >= 15 is 4.39 Å². The van der Waals surface area contributed by atoms with Crippen molar-refractivity contribution in [2.24, 2.45) is 0 Å². The zero-order chi connectivity index (χ0) is 37.0. The summed E-state index contributed by atoms with van der Waals surface area (Å²) in [6.45, 7) is 16.7. The molecule has 2 atom stereocenters. The number of rotatable bonds is 14. The first kappa shape index (κ1) is 44.9. The number of ether oxygens (including phenoxy) is 2. The van der Waals surface area contributed by atoms with Gasteiger partial charge in [0.1, 0.15) is 17.1 Å². The van der Waals surface area contributed by atoms with Crippen molar-refractivity contribution in [2.45, 2.75) is 86.1 Å². The number of alkyl halides is 3. The minimum absolute atomic E-state index is 0.0194. The van der Waals surface area contributed by atoms with Crippen LogP contribution in [0, 0.1) is 18.6 Å². The third kappa shape index (κ3) is 12.8. The summed E-state index contributed by atoms with van der Waals surface area (Å²) >= 11 is 0. The lowest BCUT2D eigenvalue weighted by Gasteiger charge is -2.26. The Labute approximate surface area is 283 Å². The number of likely N-dealkylation sites (N-methyl/N-ethyl adjacent to an activating group) is 2. The van der Waals surface area contributed by atoms with Crippen LogP contribution in [-0.4, -0.2) is 88.9 Å². The fourth-order valence-corrected chi connectivity index (χ4v) is 4.85. The maximum absolute atomic E-state index is 16.0. The summed E-state index contributed by atoms with van der Waals surface area (Å²) in [4.78, 5) is 18.3. The molecule has 1 aromatic heterocycles. The van der Waals surface area contributed by atoms with Gasteiger partial charge in [0.25, 0.3) is 0 Å². The molecule has 0 radical (unpaired) electrons. The average Bonchev–Trinajstić information content (AvgIpc) is 3.53. The van der Waals surface area contributed by atoms with Crippen LogP contribution >= 0.6 is 0 Å². The standard InChI is InChI=1S/C26H33F5N4O3.C4H12N2.2C2H6/c1-5-14(2)38-25-18(13-36)23(33-12-16-7-6-8-35(16)9-10-37-4)22(28)24(34-25)17-11-19(32)21(27)15(3)20(17)26(29,30)31;1-5-3-4-6-2;2*1-2/h11,13-14,16H,5-10,12,32H2,1-4H3,(H,33,34);5-6H,3-4H2,1-2H3;2*1-2H3. The number of nitrogens with zero attached hydrogens (tertiary/aromatic N) is 2. The fourth-order valence-electron chi connectivity index (χ4n) is 4.85. The molecule has 14 heteroatoms. The summed E-state index contributed by atoms with van der Waals surface area (Å²) in [5.74, 6) is -2.77. The third-order valence-corrected chi connectivity index (χ3v) is 7.43. The van der Waals surface area contributed by atoms with Crippen LogP contribution in [0.15, 0.2) is 6.07 Å². The van der Waals surface area contributed by atoms with Crippen LogP contribution in [-0.2, 0) is 10.9 Å². The fraction of sp³-hybridized carbons (Fsp3) is 0.647. The van der Waals surface area contributed by atoms with Gasteiger partial charge in [-0.1, -0.05) is 34.6 Å². The lowest BCUT2D eigenvalue weighted by atomic mass is 9.95. The van der Waals surface area contributed by atoms with E-state index in [-0.39, 0.29) is 29.7 Å². The van der Waals surface area contributed by atoms with Crippen molar-refractivity contribution >= 4 is 17.7 Å². The summed E-state index contributed by atoms with van der Waals surface area (Å²) in [6.07, 6.45) is -2.97. The molecule has 0 amide bonds.